The fourth-order valence-corrected chi connectivity index (χ4v) is 0.947. The van der Waals surface area contributed by atoms with Crippen LogP contribution in [0.4, 0.5) is 0 Å². The van der Waals surface area contributed by atoms with Crippen molar-refractivity contribution < 1.29 is 0 Å². The molecule has 0 atom stereocenters. The Bertz CT molecular complexity index is 432. The first-order chi connectivity index (χ1) is 5.75. The van der Waals surface area contributed by atoms with E-state index in [4.69, 9.17) is 5.41 Å². The van der Waals surface area contributed by atoms with Gasteiger partial charge in [0.15, 0.2) is 11.3 Å². The molecule has 0 saturated heterocycles. The van der Waals surface area contributed by atoms with Gasteiger partial charge in [0.1, 0.15) is 5.69 Å². The van der Waals surface area contributed by atoms with Gasteiger partial charge in [0.2, 0.25) is 0 Å². The standard InChI is InChI=1S/C7H7N5/c1-12-3-5-7(10-4-12)11-6(8)2-9-5/h2-4,8H,1H3. The molecule has 2 rings (SSSR count). The lowest BCUT2D eigenvalue weighted by atomic mass is 10.4. The second kappa shape index (κ2) is 2.37. The van der Waals surface area contributed by atoms with Crippen LogP contribution in [0, 0.1) is 5.41 Å². The topological polar surface area (TPSA) is 67.5 Å². The quantitative estimate of drug-likeness (QED) is 0.581. The third kappa shape index (κ3) is 1.05. The molecule has 5 nitrogen and oxygen atoms in total. The Morgan fingerprint density at radius 3 is 3.08 bits per heavy atom. The van der Waals surface area contributed by atoms with Crippen LogP contribution in [0.25, 0.3) is 11.5 Å². The van der Waals surface area contributed by atoms with E-state index in [9.17, 15) is 0 Å². The van der Waals surface area contributed by atoms with Crippen LogP contribution in [-0.4, -0.2) is 19.5 Å². The van der Waals surface area contributed by atoms with Crippen molar-refractivity contribution in [3.8, 4) is 11.5 Å². The van der Waals surface area contributed by atoms with Crippen LogP contribution in [0.2, 0.25) is 0 Å². The molecule has 2 heterocycles. The first-order valence-electron chi connectivity index (χ1n) is 3.45. The minimum atomic E-state index is 0.142. The maximum absolute atomic E-state index is 7.21. The monoisotopic (exact) mass is 161 g/mol. The van der Waals surface area contributed by atoms with Crippen molar-refractivity contribution in [1.29, 1.82) is 5.41 Å². The minimum absolute atomic E-state index is 0.142. The number of aryl methyl sites for hydroxylation is 1. The van der Waals surface area contributed by atoms with Crippen LogP contribution < -0.4 is 5.49 Å². The lowest BCUT2D eigenvalue weighted by Crippen LogP contribution is -2.11. The molecule has 0 amide bonds. The van der Waals surface area contributed by atoms with Gasteiger partial charge in [-0.1, -0.05) is 0 Å². The maximum atomic E-state index is 7.21. The SMILES string of the molecule is Cn1cnc2nc(=N)cnc-2c1. The third-order valence-electron chi connectivity index (χ3n) is 1.47. The Morgan fingerprint density at radius 2 is 2.25 bits per heavy atom. The molecule has 12 heavy (non-hydrogen) atoms. The number of hydrogen-bond acceptors (Lipinski definition) is 4. The smallest absolute Gasteiger partial charge is 0.183 e. The number of aromatic nitrogens is 4. The maximum Gasteiger partial charge on any atom is 0.183 e. The van der Waals surface area contributed by atoms with Gasteiger partial charge in [-0.05, 0) is 0 Å². The van der Waals surface area contributed by atoms with Crippen LogP contribution in [-0.2, 0) is 7.05 Å². The molecule has 0 fully saturated rings. The Kier molecular flexibility index (Phi) is 1.36. The van der Waals surface area contributed by atoms with Crippen molar-refractivity contribution in [3.63, 3.8) is 0 Å². The van der Waals surface area contributed by atoms with Crippen LogP contribution >= 0.6 is 0 Å². The summed E-state index contributed by atoms with van der Waals surface area (Å²) in [6.07, 6.45) is 4.86. The molecule has 0 aromatic carbocycles. The summed E-state index contributed by atoms with van der Waals surface area (Å²) < 4.78 is 1.79. The zero-order valence-electron chi connectivity index (χ0n) is 6.52. The number of hydrogen-bond donors (Lipinski definition) is 1. The van der Waals surface area contributed by atoms with Gasteiger partial charge in [0.05, 0.1) is 12.5 Å². The number of nitrogens with one attached hydrogen (secondary N) is 1. The Hall–Kier alpha value is -1.78. The Balaban J connectivity index is 2.80. The van der Waals surface area contributed by atoms with Gasteiger partial charge < -0.3 is 4.57 Å². The summed E-state index contributed by atoms with van der Waals surface area (Å²) in [7, 11) is 1.86. The van der Waals surface area contributed by atoms with Gasteiger partial charge in [-0.25, -0.2) is 15.0 Å². The highest BCUT2D eigenvalue weighted by atomic mass is 15.0. The summed E-state index contributed by atoms with van der Waals surface area (Å²) in [6, 6.07) is 0. The fourth-order valence-electron chi connectivity index (χ4n) is 0.947. The van der Waals surface area contributed by atoms with Crippen molar-refractivity contribution in [2.75, 3.05) is 0 Å². The summed E-state index contributed by atoms with van der Waals surface area (Å²) in [4.78, 5) is 11.9. The van der Waals surface area contributed by atoms with E-state index < -0.39 is 0 Å². The Morgan fingerprint density at radius 1 is 1.42 bits per heavy atom. The fraction of sp³-hybridized carbons (Fsp3) is 0.143. The number of rotatable bonds is 0. The molecule has 1 N–H and O–H groups in total. The zero-order chi connectivity index (χ0) is 8.55. The van der Waals surface area contributed by atoms with E-state index in [-0.39, 0.29) is 5.49 Å². The number of fused-ring (bicyclic) bond motifs is 1. The highest BCUT2D eigenvalue weighted by Crippen LogP contribution is 2.07. The third-order valence-corrected chi connectivity index (χ3v) is 1.47. The van der Waals surface area contributed by atoms with Crippen molar-refractivity contribution in [2.24, 2.45) is 7.05 Å². The van der Waals surface area contributed by atoms with Gasteiger partial charge in [0, 0.05) is 13.2 Å². The van der Waals surface area contributed by atoms with E-state index in [1.165, 1.54) is 6.20 Å². The van der Waals surface area contributed by atoms with E-state index in [0.29, 0.717) is 11.5 Å². The van der Waals surface area contributed by atoms with Gasteiger partial charge in [-0.2, -0.15) is 0 Å². The average molecular weight is 161 g/mol. The molecular formula is C7H7N5. The van der Waals surface area contributed by atoms with E-state index >= 15 is 0 Å². The molecule has 2 aliphatic heterocycles. The molecule has 0 saturated carbocycles. The molecule has 0 aromatic heterocycles. The van der Waals surface area contributed by atoms with Gasteiger partial charge in [0.25, 0.3) is 0 Å². The summed E-state index contributed by atoms with van der Waals surface area (Å²) in [5.41, 5.74) is 0.847. The summed E-state index contributed by atoms with van der Waals surface area (Å²) in [5, 5.41) is 7.21. The van der Waals surface area contributed by atoms with Gasteiger partial charge >= 0.3 is 0 Å². The Labute approximate surface area is 68.6 Å². The highest BCUT2D eigenvalue weighted by Gasteiger charge is 2.03. The minimum Gasteiger partial charge on any atom is -0.340 e. The summed E-state index contributed by atoms with van der Waals surface area (Å²) in [6.45, 7) is 0. The zero-order valence-corrected chi connectivity index (χ0v) is 6.52. The van der Waals surface area contributed by atoms with E-state index in [1.807, 2.05) is 13.2 Å². The van der Waals surface area contributed by atoms with Crippen LogP contribution in [0.3, 0.4) is 0 Å². The van der Waals surface area contributed by atoms with Crippen LogP contribution in [0.5, 0.6) is 0 Å². The second-order valence-corrected chi connectivity index (χ2v) is 2.50. The molecule has 0 bridgehead atoms. The molecule has 2 aliphatic rings. The molecular weight excluding hydrogens is 154 g/mol. The second-order valence-electron chi connectivity index (χ2n) is 2.50. The predicted molar refractivity (Wildman–Crippen MR) is 41.3 cm³/mol. The largest absolute Gasteiger partial charge is 0.340 e. The first-order valence-corrected chi connectivity index (χ1v) is 3.45. The lowest BCUT2D eigenvalue weighted by Gasteiger charge is -2.02. The number of nitrogens with zero attached hydrogens (tertiary/aromatic N) is 4. The molecule has 5 heteroatoms. The lowest BCUT2D eigenvalue weighted by molar-refractivity contribution is 0.841. The molecule has 0 aromatic rings. The molecule has 0 spiro atoms. The normalized spacial score (nSPS) is 10.4. The predicted octanol–water partition coefficient (Wildman–Crippen LogP) is -0.206. The van der Waals surface area contributed by atoms with Gasteiger partial charge in [-0.15, -0.1) is 0 Å². The van der Waals surface area contributed by atoms with Crippen molar-refractivity contribution in [2.45, 2.75) is 0 Å². The molecule has 0 unspecified atom stereocenters. The summed E-state index contributed by atoms with van der Waals surface area (Å²) in [5.74, 6) is 0.514. The first kappa shape index (κ1) is 6.90. The highest BCUT2D eigenvalue weighted by molar-refractivity contribution is 5.46. The van der Waals surface area contributed by atoms with Crippen LogP contribution in [0.1, 0.15) is 0 Å². The van der Waals surface area contributed by atoms with Gasteiger partial charge in [-0.3, -0.25) is 5.41 Å². The molecule has 0 aliphatic carbocycles. The van der Waals surface area contributed by atoms with Crippen molar-refractivity contribution in [3.05, 3.63) is 24.2 Å². The molecule has 60 valence electrons. The van der Waals surface area contributed by atoms with E-state index in [0.717, 1.165) is 0 Å². The van der Waals surface area contributed by atoms with E-state index in [1.54, 1.807) is 10.9 Å². The van der Waals surface area contributed by atoms with Crippen molar-refractivity contribution >= 4 is 0 Å². The van der Waals surface area contributed by atoms with Crippen molar-refractivity contribution in [1.82, 2.24) is 19.5 Å². The summed E-state index contributed by atoms with van der Waals surface area (Å²) >= 11 is 0. The van der Waals surface area contributed by atoms with E-state index in [2.05, 4.69) is 15.0 Å². The van der Waals surface area contributed by atoms with Crippen LogP contribution in [0.15, 0.2) is 18.7 Å². The molecule has 0 radical (unpaired) electrons. The average Bonchev–Trinajstić information content (AvgIpc) is 2.05.